The molecule has 0 saturated heterocycles. The predicted octanol–water partition coefficient (Wildman–Crippen LogP) is 3.60. The summed E-state index contributed by atoms with van der Waals surface area (Å²) >= 11 is 0. The molecule has 1 rings (SSSR count). The number of carbonyl (C=O) groups excluding carboxylic acids is 1. The van der Waals surface area contributed by atoms with Crippen molar-refractivity contribution >= 4 is 5.78 Å². The first-order valence-corrected chi connectivity index (χ1v) is 6.37. The van der Waals surface area contributed by atoms with E-state index in [0.717, 1.165) is 0 Å². The Morgan fingerprint density at radius 3 is 2.78 bits per heavy atom. The average molecular weight is 250 g/mol. The standard InChI is InChI=1S/C15H22O3/c1-11(2)4-6-14(16)12(3)5-7-15(17)13-8-9-18-10-13/h4,8-10,12,14,16H,5-7H2,1-3H3/t12-,14+/m0/s1. The van der Waals surface area contributed by atoms with Crippen LogP contribution in [-0.4, -0.2) is 17.0 Å². The minimum Gasteiger partial charge on any atom is -0.472 e. The monoisotopic (exact) mass is 250 g/mol. The highest BCUT2D eigenvalue weighted by molar-refractivity contribution is 5.95. The van der Waals surface area contributed by atoms with Gasteiger partial charge in [0.1, 0.15) is 6.26 Å². The molecule has 1 N–H and O–H groups in total. The van der Waals surface area contributed by atoms with Gasteiger partial charge in [-0.15, -0.1) is 0 Å². The average Bonchev–Trinajstić information content (AvgIpc) is 2.86. The summed E-state index contributed by atoms with van der Waals surface area (Å²) in [5.74, 6) is 0.196. The third-order valence-corrected chi connectivity index (χ3v) is 3.09. The Labute approximate surface area is 109 Å². The van der Waals surface area contributed by atoms with Gasteiger partial charge in [0.05, 0.1) is 17.9 Å². The quantitative estimate of drug-likeness (QED) is 0.594. The van der Waals surface area contributed by atoms with Crippen molar-refractivity contribution in [2.24, 2.45) is 5.92 Å². The van der Waals surface area contributed by atoms with E-state index in [-0.39, 0.29) is 17.8 Å². The fraction of sp³-hybridized carbons (Fsp3) is 0.533. The number of allylic oxidation sites excluding steroid dienone is 1. The number of carbonyl (C=O) groups is 1. The lowest BCUT2D eigenvalue weighted by Gasteiger charge is -2.17. The number of Topliss-reactive ketones (excluding diaryl/α,β-unsaturated/α-hetero) is 1. The van der Waals surface area contributed by atoms with E-state index in [0.29, 0.717) is 24.8 Å². The zero-order valence-electron chi connectivity index (χ0n) is 11.3. The summed E-state index contributed by atoms with van der Waals surface area (Å²) in [5, 5.41) is 9.94. The molecule has 100 valence electrons. The molecule has 0 radical (unpaired) electrons. The first-order valence-electron chi connectivity index (χ1n) is 6.37. The number of hydrogen-bond donors (Lipinski definition) is 1. The van der Waals surface area contributed by atoms with Gasteiger partial charge in [0.15, 0.2) is 5.78 Å². The molecule has 0 saturated carbocycles. The Balaban J connectivity index is 2.34. The van der Waals surface area contributed by atoms with Crippen LogP contribution in [0.25, 0.3) is 0 Å². The first-order chi connectivity index (χ1) is 8.50. The predicted molar refractivity (Wildman–Crippen MR) is 71.5 cm³/mol. The molecule has 0 aromatic carbocycles. The zero-order chi connectivity index (χ0) is 13.5. The highest BCUT2D eigenvalue weighted by Gasteiger charge is 2.15. The molecule has 2 atom stereocenters. The largest absolute Gasteiger partial charge is 0.472 e. The smallest absolute Gasteiger partial charge is 0.166 e. The van der Waals surface area contributed by atoms with E-state index < -0.39 is 0 Å². The Bertz CT molecular complexity index is 386. The van der Waals surface area contributed by atoms with Crippen LogP contribution in [-0.2, 0) is 0 Å². The van der Waals surface area contributed by atoms with Gasteiger partial charge in [0.25, 0.3) is 0 Å². The van der Waals surface area contributed by atoms with Gasteiger partial charge in [-0.05, 0) is 38.7 Å². The van der Waals surface area contributed by atoms with E-state index in [4.69, 9.17) is 4.42 Å². The van der Waals surface area contributed by atoms with E-state index in [1.807, 2.05) is 26.8 Å². The second-order valence-corrected chi connectivity index (χ2v) is 5.04. The second-order valence-electron chi connectivity index (χ2n) is 5.04. The SMILES string of the molecule is CC(C)=CC[C@@H](O)[C@@H](C)CCC(=O)c1ccoc1. The number of rotatable bonds is 7. The van der Waals surface area contributed by atoms with Crippen LogP contribution >= 0.6 is 0 Å². The van der Waals surface area contributed by atoms with Crippen LogP contribution in [0.5, 0.6) is 0 Å². The molecular formula is C15H22O3. The van der Waals surface area contributed by atoms with Crippen molar-refractivity contribution in [3.63, 3.8) is 0 Å². The van der Waals surface area contributed by atoms with Gasteiger partial charge in [-0.25, -0.2) is 0 Å². The lowest BCUT2D eigenvalue weighted by atomic mass is 9.94. The summed E-state index contributed by atoms with van der Waals surface area (Å²) < 4.78 is 4.88. The van der Waals surface area contributed by atoms with Gasteiger partial charge >= 0.3 is 0 Å². The molecule has 0 aliphatic heterocycles. The van der Waals surface area contributed by atoms with Crippen molar-refractivity contribution in [2.75, 3.05) is 0 Å². The minimum atomic E-state index is -0.378. The highest BCUT2D eigenvalue weighted by Crippen LogP contribution is 2.17. The van der Waals surface area contributed by atoms with Crippen LogP contribution in [0.2, 0.25) is 0 Å². The third-order valence-electron chi connectivity index (χ3n) is 3.09. The zero-order valence-corrected chi connectivity index (χ0v) is 11.3. The summed E-state index contributed by atoms with van der Waals surface area (Å²) in [6.45, 7) is 6.01. The Kier molecular flexibility index (Phi) is 5.86. The normalized spacial score (nSPS) is 14.0. The lowest BCUT2D eigenvalue weighted by Crippen LogP contribution is -2.18. The Morgan fingerprint density at radius 2 is 2.22 bits per heavy atom. The van der Waals surface area contributed by atoms with E-state index >= 15 is 0 Å². The summed E-state index contributed by atoms with van der Waals surface area (Å²) in [7, 11) is 0. The molecule has 1 heterocycles. The first kappa shape index (κ1) is 14.7. The highest BCUT2D eigenvalue weighted by atomic mass is 16.3. The molecule has 0 spiro atoms. The van der Waals surface area contributed by atoms with Crippen LogP contribution in [0.1, 0.15) is 50.4 Å². The molecule has 1 aromatic heterocycles. The van der Waals surface area contributed by atoms with E-state index in [9.17, 15) is 9.90 Å². The molecule has 0 aliphatic rings. The molecule has 0 amide bonds. The summed E-state index contributed by atoms with van der Waals surface area (Å²) in [6, 6.07) is 1.67. The Hall–Kier alpha value is -1.35. The summed E-state index contributed by atoms with van der Waals surface area (Å²) in [4.78, 5) is 11.7. The lowest BCUT2D eigenvalue weighted by molar-refractivity contribution is 0.0917. The number of hydrogen-bond acceptors (Lipinski definition) is 3. The molecule has 1 aromatic rings. The van der Waals surface area contributed by atoms with Gasteiger partial charge in [-0.2, -0.15) is 0 Å². The molecule has 3 heteroatoms. The van der Waals surface area contributed by atoms with E-state index in [1.165, 1.54) is 18.1 Å². The van der Waals surface area contributed by atoms with Crippen molar-refractivity contribution in [2.45, 2.75) is 46.1 Å². The molecule has 0 unspecified atom stereocenters. The number of aliphatic hydroxyl groups is 1. The summed E-state index contributed by atoms with van der Waals surface area (Å²) in [6.07, 6.45) is 6.42. The summed E-state index contributed by atoms with van der Waals surface area (Å²) in [5.41, 5.74) is 1.82. The van der Waals surface area contributed by atoms with Gasteiger partial charge in [0, 0.05) is 6.42 Å². The molecule has 3 nitrogen and oxygen atoms in total. The van der Waals surface area contributed by atoms with Crippen molar-refractivity contribution in [3.8, 4) is 0 Å². The van der Waals surface area contributed by atoms with Gasteiger partial charge in [-0.1, -0.05) is 18.6 Å². The molecule has 0 bridgehead atoms. The van der Waals surface area contributed by atoms with Crippen LogP contribution in [0.15, 0.2) is 34.7 Å². The van der Waals surface area contributed by atoms with Crippen molar-refractivity contribution in [1.29, 1.82) is 0 Å². The fourth-order valence-corrected chi connectivity index (χ4v) is 1.71. The van der Waals surface area contributed by atoms with Crippen LogP contribution < -0.4 is 0 Å². The maximum Gasteiger partial charge on any atom is 0.166 e. The third kappa shape index (κ3) is 4.88. The number of furan rings is 1. The Morgan fingerprint density at radius 1 is 1.50 bits per heavy atom. The van der Waals surface area contributed by atoms with Crippen LogP contribution in [0.3, 0.4) is 0 Å². The maximum absolute atomic E-state index is 11.7. The van der Waals surface area contributed by atoms with Crippen LogP contribution in [0.4, 0.5) is 0 Å². The van der Waals surface area contributed by atoms with Gasteiger partial charge in [0.2, 0.25) is 0 Å². The topological polar surface area (TPSA) is 50.4 Å². The van der Waals surface area contributed by atoms with Crippen molar-refractivity contribution < 1.29 is 14.3 Å². The molecule has 18 heavy (non-hydrogen) atoms. The number of ketones is 1. The molecule has 0 fully saturated rings. The second kappa shape index (κ2) is 7.17. The van der Waals surface area contributed by atoms with Crippen LogP contribution in [0, 0.1) is 5.92 Å². The fourth-order valence-electron chi connectivity index (χ4n) is 1.71. The van der Waals surface area contributed by atoms with E-state index in [1.54, 1.807) is 6.07 Å². The minimum absolute atomic E-state index is 0.0741. The maximum atomic E-state index is 11.7. The van der Waals surface area contributed by atoms with Gasteiger partial charge < -0.3 is 9.52 Å². The van der Waals surface area contributed by atoms with Crippen molar-refractivity contribution in [1.82, 2.24) is 0 Å². The van der Waals surface area contributed by atoms with E-state index in [2.05, 4.69) is 0 Å². The number of aliphatic hydroxyl groups excluding tert-OH is 1. The molecular weight excluding hydrogens is 228 g/mol. The van der Waals surface area contributed by atoms with Gasteiger partial charge in [-0.3, -0.25) is 4.79 Å². The van der Waals surface area contributed by atoms with Crippen molar-refractivity contribution in [3.05, 3.63) is 35.8 Å². The molecule has 0 aliphatic carbocycles.